The van der Waals surface area contributed by atoms with Crippen LogP contribution in [0.15, 0.2) is 42.5 Å². The maximum atomic E-state index is 12.2. The van der Waals surface area contributed by atoms with Gasteiger partial charge in [-0.1, -0.05) is 49.7 Å². The van der Waals surface area contributed by atoms with Gasteiger partial charge in [0.05, 0.1) is 0 Å². The molecule has 2 nitrogen and oxygen atoms in total. The number of aryl methyl sites for hydroxylation is 2. The second kappa shape index (κ2) is 6.57. The van der Waals surface area contributed by atoms with E-state index in [0.29, 0.717) is 5.92 Å². The minimum atomic E-state index is 0.0162. The molecule has 2 rings (SSSR count). The Morgan fingerprint density at radius 1 is 1.10 bits per heavy atom. The van der Waals surface area contributed by atoms with E-state index in [1.165, 1.54) is 5.56 Å². The molecular weight excluding hydrogens is 260 g/mol. The first-order chi connectivity index (χ1) is 9.97. The molecule has 0 unspecified atom stereocenters. The van der Waals surface area contributed by atoms with E-state index in [1.807, 2.05) is 50.2 Å². The van der Waals surface area contributed by atoms with E-state index in [0.717, 1.165) is 22.4 Å². The van der Waals surface area contributed by atoms with Crippen LogP contribution in [-0.2, 0) is 0 Å². The molecule has 0 aliphatic carbocycles. The summed E-state index contributed by atoms with van der Waals surface area (Å²) in [6, 6.07) is 13.8. The Balaban J connectivity index is 2.05. The summed E-state index contributed by atoms with van der Waals surface area (Å²) in [5.41, 5.74) is 4.11. The van der Waals surface area contributed by atoms with Crippen LogP contribution in [0.3, 0.4) is 0 Å². The molecule has 0 aliphatic rings. The molecular formula is C19H22O2. The van der Waals surface area contributed by atoms with Gasteiger partial charge in [-0.15, -0.1) is 0 Å². The van der Waals surface area contributed by atoms with Crippen LogP contribution >= 0.6 is 0 Å². The smallest absolute Gasteiger partial charge is 0.200 e. The van der Waals surface area contributed by atoms with Crippen molar-refractivity contribution in [3.63, 3.8) is 0 Å². The van der Waals surface area contributed by atoms with Crippen molar-refractivity contribution in [2.24, 2.45) is 0 Å². The molecule has 21 heavy (non-hydrogen) atoms. The zero-order valence-corrected chi connectivity index (χ0v) is 13.1. The fourth-order valence-electron chi connectivity index (χ4n) is 2.32. The molecule has 0 aromatic heterocycles. The first-order valence-corrected chi connectivity index (χ1v) is 7.30. The van der Waals surface area contributed by atoms with E-state index >= 15 is 0 Å². The Hall–Kier alpha value is -2.09. The molecule has 0 saturated heterocycles. The van der Waals surface area contributed by atoms with Crippen molar-refractivity contribution < 1.29 is 9.53 Å². The summed E-state index contributed by atoms with van der Waals surface area (Å²) in [6.07, 6.45) is 0. The highest BCUT2D eigenvalue weighted by Gasteiger charge is 2.10. The molecule has 0 atom stereocenters. The van der Waals surface area contributed by atoms with Gasteiger partial charge in [0, 0.05) is 5.56 Å². The van der Waals surface area contributed by atoms with Crippen LogP contribution in [0.4, 0.5) is 0 Å². The average molecular weight is 282 g/mol. The number of hydrogen-bond acceptors (Lipinski definition) is 2. The molecule has 2 aromatic carbocycles. The summed E-state index contributed by atoms with van der Waals surface area (Å²) in [6.45, 7) is 8.33. The number of Topliss-reactive ketones (excluding diaryl/α,β-unsaturated/α-hetero) is 1. The van der Waals surface area contributed by atoms with Crippen molar-refractivity contribution in [1.29, 1.82) is 0 Å². The van der Waals surface area contributed by atoms with Crippen molar-refractivity contribution in [2.45, 2.75) is 33.6 Å². The Labute approximate surface area is 126 Å². The maximum absolute atomic E-state index is 12.2. The number of ether oxygens (including phenoxy) is 1. The fourth-order valence-corrected chi connectivity index (χ4v) is 2.32. The van der Waals surface area contributed by atoms with Crippen LogP contribution in [0.25, 0.3) is 0 Å². The second-order valence-electron chi connectivity index (χ2n) is 5.76. The molecule has 0 aliphatic heterocycles. The van der Waals surface area contributed by atoms with Crippen molar-refractivity contribution in [3.8, 4) is 5.75 Å². The Morgan fingerprint density at radius 2 is 1.86 bits per heavy atom. The molecule has 2 heteroatoms. The van der Waals surface area contributed by atoms with Gasteiger partial charge >= 0.3 is 0 Å². The first kappa shape index (κ1) is 15.3. The third-order valence-electron chi connectivity index (χ3n) is 3.58. The number of ketones is 1. The highest BCUT2D eigenvalue weighted by molar-refractivity contribution is 5.98. The van der Waals surface area contributed by atoms with Crippen LogP contribution < -0.4 is 4.74 Å². The minimum absolute atomic E-state index is 0.0162. The molecule has 110 valence electrons. The van der Waals surface area contributed by atoms with Crippen LogP contribution in [0.1, 0.15) is 46.8 Å². The lowest BCUT2D eigenvalue weighted by Crippen LogP contribution is -2.13. The highest BCUT2D eigenvalue weighted by atomic mass is 16.5. The van der Waals surface area contributed by atoms with Gasteiger partial charge < -0.3 is 4.74 Å². The number of carbonyl (C=O) groups excluding carboxylic acids is 1. The van der Waals surface area contributed by atoms with Gasteiger partial charge in [0.15, 0.2) is 12.4 Å². The summed E-state index contributed by atoms with van der Waals surface area (Å²) in [5, 5.41) is 0. The molecule has 0 radical (unpaired) electrons. The summed E-state index contributed by atoms with van der Waals surface area (Å²) in [7, 11) is 0. The van der Waals surface area contributed by atoms with Crippen molar-refractivity contribution in [3.05, 3.63) is 64.7 Å². The first-order valence-electron chi connectivity index (χ1n) is 7.30. The Bertz CT molecular complexity index is 642. The third kappa shape index (κ3) is 3.94. The standard InChI is InChI=1S/C19H22O2/c1-13(2)16-6-5-7-17(11-16)21-12-19(20)18-9-8-14(3)10-15(18)4/h5-11,13H,12H2,1-4H3. The molecule has 0 fully saturated rings. The van der Waals surface area contributed by atoms with Crippen LogP contribution in [-0.4, -0.2) is 12.4 Å². The summed E-state index contributed by atoms with van der Waals surface area (Å²) >= 11 is 0. The second-order valence-corrected chi connectivity index (χ2v) is 5.76. The van der Waals surface area contributed by atoms with E-state index in [2.05, 4.69) is 19.9 Å². The summed E-state index contributed by atoms with van der Waals surface area (Å²) in [5.74, 6) is 1.21. The average Bonchev–Trinajstić information content (AvgIpc) is 2.45. The number of carbonyl (C=O) groups is 1. The minimum Gasteiger partial charge on any atom is -0.485 e. The molecule has 0 amide bonds. The summed E-state index contributed by atoms with van der Waals surface area (Å²) < 4.78 is 5.65. The number of rotatable bonds is 5. The number of hydrogen-bond donors (Lipinski definition) is 0. The molecule has 2 aromatic rings. The van der Waals surface area contributed by atoms with Gasteiger partial charge in [-0.25, -0.2) is 0 Å². The van der Waals surface area contributed by atoms with Gasteiger partial charge in [-0.3, -0.25) is 4.79 Å². The van der Waals surface area contributed by atoms with Gasteiger partial charge in [-0.2, -0.15) is 0 Å². The van der Waals surface area contributed by atoms with E-state index in [4.69, 9.17) is 4.74 Å². The van der Waals surface area contributed by atoms with E-state index in [-0.39, 0.29) is 12.4 Å². The molecule has 0 N–H and O–H groups in total. The van der Waals surface area contributed by atoms with E-state index < -0.39 is 0 Å². The van der Waals surface area contributed by atoms with E-state index in [9.17, 15) is 4.79 Å². The zero-order chi connectivity index (χ0) is 15.4. The SMILES string of the molecule is Cc1ccc(C(=O)COc2cccc(C(C)C)c2)c(C)c1. The maximum Gasteiger partial charge on any atom is 0.200 e. The predicted octanol–water partition coefficient (Wildman–Crippen LogP) is 4.69. The monoisotopic (exact) mass is 282 g/mol. The van der Waals surface area contributed by atoms with Gasteiger partial charge in [-0.05, 0) is 43.0 Å². The lowest BCUT2D eigenvalue weighted by atomic mass is 10.0. The Morgan fingerprint density at radius 3 is 2.52 bits per heavy atom. The van der Waals surface area contributed by atoms with Crippen molar-refractivity contribution in [2.75, 3.05) is 6.61 Å². The molecule has 0 spiro atoms. The fraction of sp³-hybridized carbons (Fsp3) is 0.316. The number of benzene rings is 2. The third-order valence-corrected chi connectivity index (χ3v) is 3.58. The van der Waals surface area contributed by atoms with Gasteiger partial charge in [0.1, 0.15) is 5.75 Å². The zero-order valence-electron chi connectivity index (χ0n) is 13.1. The molecule has 0 saturated carbocycles. The van der Waals surface area contributed by atoms with Crippen LogP contribution in [0.5, 0.6) is 5.75 Å². The van der Waals surface area contributed by atoms with Crippen molar-refractivity contribution in [1.82, 2.24) is 0 Å². The molecule has 0 bridgehead atoms. The normalized spacial score (nSPS) is 10.7. The lowest BCUT2D eigenvalue weighted by Gasteiger charge is -2.10. The van der Waals surface area contributed by atoms with Crippen molar-refractivity contribution >= 4 is 5.78 Å². The van der Waals surface area contributed by atoms with Crippen LogP contribution in [0, 0.1) is 13.8 Å². The highest BCUT2D eigenvalue weighted by Crippen LogP contribution is 2.20. The topological polar surface area (TPSA) is 26.3 Å². The van der Waals surface area contributed by atoms with Gasteiger partial charge in [0.2, 0.25) is 0 Å². The van der Waals surface area contributed by atoms with Gasteiger partial charge in [0.25, 0.3) is 0 Å². The largest absolute Gasteiger partial charge is 0.485 e. The Kier molecular flexibility index (Phi) is 4.79. The lowest BCUT2D eigenvalue weighted by molar-refractivity contribution is 0.0921. The molecule has 0 heterocycles. The quantitative estimate of drug-likeness (QED) is 0.744. The summed E-state index contributed by atoms with van der Waals surface area (Å²) in [4.78, 5) is 12.2. The van der Waals surface area contributed by atoms with E-state index in [1.54, 1.807) is 0 Å². The predicted molar refractivity (Wildman–Crippen MR) is 86.3 cm³/mol. The van der Waals surface area contributed by atoms with Crippen LogP contribution in [0.2, 0.25) is 0 Å².